The van der Waals surface area contributed by atoms with Crippen molar-refractivity contribution in [3.05, 3.63) is 0 Å². The molecule has 7 nitrogen and oxygen atoms in total. The molecular formula is C18H31N3O4. The summed E-state index contributed by atoms with van der Waals surface area (Å²) in [4.78, 5) is 35.0. The van der Waals surface area contributed by atoms with E-state index in [1.54, 1.807) is 0 Å². The second kappa shape index (κ2) is 10.4. The van der Waals surface area contributed by atoms with Crippen LogP contribution in [0, 0.1) is 17.8 Å². The van der Waals surface area contributed by atoms with Gasteiger partial charge in [0.05, 0.1) is 6.42 Å². The van der Waals surface area contributed by atoms with Crippen LogP contribution in [0.4, 0.5) is 0 Å². The number of carbonyl (C=O) groups excluding carboxylic acids is 2. The van der Waals surface area contributed by atoms with Gasteiger partial charge < -0.3 is 21.1 Å². The Morgan fingerprint density at radius 1 is 0.920 bits per heavy atom. The highest BCUT2D eigenvalue weighted by Crippen LogP contribution is 2.29. The van der Waals surface area contributed by atoms with Gasteiger partial charge in [-0.3, -0.25) is 14.4 Å². The molecule has 2 atom stereocenters. The van der Waals surface area contributed by atoms with Crippen LogP contribution in [-0.2, 0) is 14.4 Å². The Balaban J connectivity index is 1.67. The fourth-order valence-electron chi connectivity index (χ4n) is 3.82. The van der Waals surface area contributed by atoms with Crippen molar-refractivity contribution >= 4 is 17.8 Å². The molecule has 2 amide bonds. The van der Waals surface area contributed by atoms with Gasteiger partial charge in [0.2, 0.25) is 11.8 Å². The molecule has 0 aromatic carbocycles. The van der Waals surface area contributed by atoms with Crippen molar-refractivity contribution in [2.75, 3.05) is 26.2 Å². The quantitative estimate of drug-likeness (QED) is 0.518. The predicted octanol–water partition coefficient (Wildman–Crippen LogP) is 0.890. The van der Waals surface area contributed by atoms with E-state index in [0.29, 0.717) is 12.3 Å². The lowest BCUT2D eigenvalue weighted by Crippen LogP contribution is -2.40. The van der Waals surface area contributed by atoms with Gasteiger partial charge in [-0.1, -0.05) is 6.42 Å². The summed E-state index contributed by atoms with van der Waals surface area (Å²) < 4.78 is 0. The molecule has 0 aromatic rings. The summed E-state index contributed by atoms with van der Waals surface area (Å²) in [5.41, 5.74) is 0. The molecule has 1 aliphatic heterocycles. The van der Waals surface area contributed by atoms with Gasteiger partial charge in [0.15, 0.2) is 0 Å². The first-order valence-electron chi connectivity index (χ1n) is 9.54. The number of nitrogens with one attached hydrogen (secondary N) is 3. The number of rotatable bonds is 8. The molecule has 25 heavy (non-hydrogen) atoms. The number of hydrogen-bond donors (Lipinski definition) is 4. The van der Waals surface area contributed by atoms with Crippen LogP contribution >= 0.6 is 0 Å². The topological polar surface area (TPSA) is 108 Å². The molecule has 0 bridgehead atoms. The summed E-state index contributed by atoms with van der Waals surface area (Å²) in [6, 6.07) is 0. The Kier molecular flexibility index (Phi) is 8.18. The van der Waals surface area contributed by atoms with Crippen molar-refractivity contribution in [1.29, 1.82) is 0 Å². The molecule has 1 heterocycles. The number of carboxylic acids is 1. The molecule has 1 aliphatic carbocycles. The van der Waals surface area contributed by atoms with Gasteiger partial charge in [-0.05, 0) is 57.5 Å². The van der Waals surface area contributed by atoms with E-state index in [-0.39, 0.29) is 36.6 Å². The first kappa shape index (κ1) is 19.7. The Hall–Kier alpha value is -1.63. The smallest absolute Gasteiger partial charge is 0.305 e. The lowest BCUT2D eigenvalue weighted by atomic mass is 9.80. The molecule has 0 radical (unpaired) electrons. The summed E-state index contributed by atoms with van der Waals surface area (Å²) in [7, 11) is 0. The van der Waals surface area contributed by atoms with E-state index in [2.05, 4.69) is 16.0 Å². The highest BCUT2D eigenvalue weighted by molar-refractivity contribution is 5.82. The molecule has 2 fully saturated rings. The van der Waals surface area contributed by atoms with Gasteiger partial charge in [0.1, 0.15) is 0 Å². The molecule has 0 spiro atoms. The monoisotopic (exact) mass is 353 g/mol. The normalized spacial score (nSPS) is 24.5. The molecule has 4 N–H and O–H groups in total. The van der Waals surface area contributed by atoms with E-state index in [1.165, 1.54) is 12.8 Å². The summed E-state index contributed by atoms with van der Waals surface area (Å²) >= 11 is 0. The molecule has 2 unspecified atom stereocenters. The maximum atomic E-state index is 12.4. The molecule has 2 rings (SSSR count). The van der Waals surface area contributed by atoms with Crippen molar-refractivity contribution in [2.24, 2.45) is 17.8 Å². The van der Waals surface area contributed by atoms with Crippen molar-refractivity contribution < 1.29 is 19.5 Å². The van der Waals surface area contributed by atoms with E-state index in [1.807, 2.05) is 0 Å². The van der Waals surface area contributed by atoms with Crippen LogP contribution in [0.25, 0.3) is 0 Å². The minimum absolute atomic E-state index is 0.0666. The van der Waals surface area contributed by atoms with E-state index in [0.717, 1.165) is 45.3 Å². The maximum absolute atomic E-state index is 12.4. The Labute approximate surface area is 149 Å². The SMILES string of the molecule is O=C(O)CCNC(=O)C1CCCC(C(=O)NCCC2CCNCC2)C1. The molecule has 0 aromatic heterocycles. The van der Waals surface area contributed by atoms with Crippen LogP contribution < -0.4 is 16.0 Å². The lowest BCUT2D eigenvalue weighted by Gasteiger charge is -2.28. The summed E-state index contributed by atoms with van der Waals surface area (Å²) in [6.45, 7) is 3.01. The zero-order valence-electron chi connectivity index (χ0n) is 14.9. The third-order valence-corrected chi connectivity index (χ3v) is 5.36. The third kappa shape index (κ3) is 7.02. The maximum Gasteiger partial charge on any atom is 0.305 e. The number of carbonyl (C=O) groups is 3. The molecule has 1 saturated heterocycles. The summed E-state index contributed by atoms with van der Waals surface area (Å²) in [5, 5.41) is 17.7. The van der Waals surface area contributed by atoms with Crippen molar-refractivity contribution in [3.63, 3.8) is 0 Å². The Morgan fingerprint density at radius 3 is 2.12 bits per heavy atom. The standard InChI is InChI=1S/C18H31N3O4/c22-16(23)7-11-21-18(25)15-3-1-2-14(12-15)17(24)20-10-6-13-4-8-19-9-5-13/h13-15,19H,1-12H2,(H,20,24)(H,21,25)(H,22,23). The van der Waals surface area contributed by atoms with Crippen LogP contribution in [0.2, 0.25) is 0 Å². The van der Waals surface area contributed by atoms with Crippen molar-refractivity contribution in [2.45, 2.75) is 51.4 Å². The third-order valence-electron chi connectivity index (χ3n) is 5.36. The average molecular weight is 353 g/mol. The van der Waals surface area contributed by atoms with Crippen molar-refractivity contribution in [3.8, 4) is 0 Å². The van der Waals surface area contributed by atoms with Crippen LogP contribution in [0.3, 0.4) is 0 Å². The molecule has 142 valence electrons. The zero-order chi connectivity index (χ0) is 18.1. The predicted molar refractivity (Wildman–Crippen MR) is 93.9 cm³/mol. The van der Waals surface area contributed by atoms with E-state index >= 15 is 0 Å². The van der Waals surface area contributed by atoms with Crippen LogP contribution in [0.15, 0.2) is 0 Å². The van der Waals surface area contributed by atoms with Gasteiger partial charge in [-0.25, -0.2) is 0 Å². The number of amides is 2. The molecule has 7 heteroatoms. The van der Waals surface area contributed by atoms with E-state index in [9.17, 15) is 14.4 Å². The van der Waals surface area contributed by atoms with Crippen LogP contribution in [0.1, 0.15) is 51.4 Å². The number of piperidine rings is 1. The lowest BCUT2D eigenvalue weighted by molar-refractivity contribution is -0.137. The number of hydrogen-bond acceptors (Lipinski definition) is 4. The van der Waals surface area contributed by atoms with E-state index in [4.69, 9.17) is 5.11 Å². The summed E-state index contributed by atoms with van der Waals surface area (Å²) in [5.74, 6) is -0.555. The van der Waals surface area contributed by atoms with Crippen LogP contribution in [0.5, 0.6) is 0 Å². The number of carboxylic acid groups (broad SMARTS) is 1. The zero-order valence-corrected chi connectivity index (χ0v) is 14.9. The second-order valence-electron chi connectivity index (χ2n) is 7.27. The first-order valence-corrected chi connectivity index (χ1v) is 9.54. The highest BCUT2D eigenvalue weighted by Gasteiger charge is 2.31. The molecule has 1 saturated carbocycles. The minimum Gasteiger partial charge on any atom is -0.481 e. The first-order chi connectivity index (χ1) is 12.1. The second-order valence-corrected chi connectivity index (χ2v) is 7.27. The molecular weight excluding hydrogens is 322 g/mol. The highest BCUT2D eigenvalue weighted by atomic mass is 16.4. The number of aliphatic carboxylic acids is 1. The fraction of sp³-hybridized carbons (Fsp3) is 0.833. The van der Waals surface area contributed by atoms with Crippen LogP contribution in [-0.4, -0.2) is 49.1 Å². The van der Waals surface area contributed by atoms with Gasteiger partial charge in [-0.15, -0.1) is 0 Å². The fourth-order valence-corrected chi connectivity index (χ4v) is 3.82. The van der Waals surface area contributed by atoms with Gasteiger partial charge in [0, 0.05) is 24.9 Å². The Morgan fingerprint density at radius 2 is 1.52 bits per heavy atom. The van der Waals surface area contributed by atoms with Gasteiger partial charge >= 0.3 is 5.97 Å². The molecule has 2 aliphatic rings. The Bertz CT molecular complexity index is 463. The average Bonchev–Trinajstić information content (AvgIpc) is 2.62. The van der Waals surface area contributed by atoms with E-state index < -0.39 is 5.97 Å². The minimum atomic E-state index is -0.921. The van der Waals surface area contributed by atoms with Gasteiger partial charge in [0.25, 0.3) is 0 Å². The largest absolute Gasteiger partial charge is 0.481 e. The van der Waals surface area contributed by atoms with Gasteiger partial charge in [-0.2, -0.15) is 0 Å². The van der Waals surface area contributed by atoms with Crippen molar-refractivity contribution in [1.82, 2.24) is 16.0 Å². The summed E-state index contributed by atoms with van der Waals surface area (Å²) in [6.07, 6.45) is 6.35.